The molecule has 6 nitrogen and oxygen atoms in total. The van der Waals surface area contributed by atoms with Gasteiger partial charge in [-0.05, 0) is 43.9 Å². The highest BCUT2D eigenvalue weighted by molar-refractivity contribution is 5.91. The number of amides is 1. The normalized spacial score (nSPS) is 12.2. The lowest BCUT2D eigenvalue weighted by Gasteiger charge is -2.25. The molecule has 1 N–H and O–H groups in total. The van der Waals surface area contributed by atoms with Gasteiger partial charge in [-0.15, -0.1) is 0 Å². The first-order valence-electron chi connectivity index (χ1n) is 7.71. The van der Waals surface area contributed by atoms with Crippen molar-refractivity contribution in [1.29, 1.82) is 0 Å². The van der Waals surface area contributed by atoms with Gasteiger partial charge in [0.15, 0.2) is 5.76 Å². The molecule has 0 saturated heterocycles. The number of rotatable bonds is 8. The summed E-state index contributed by atoms with van der Waals surface area (Å²) < 4.78 is 15.7. The van der Waals surface area contributed by atoms with Crippen molar-refractivity contribution in [3.05, 3.63) is 53.5 Å². The van der Waals surface area contributed by atoms with Crippen LogP contribution in [0.4, 0.5) is 0 Å². The van der Waals surface area contributed by atoms with Crippen molar-refractivity contribution in [2.75, 3.05) is 34.9 Å². The number of benzene rings is 1. The van der Waals surface area contributed by atoms with E-state index in [0.29, 0.717) is 18.9 Å². The molecule has 2 aromatic rings. The van der Waals surface area contributed by atoms with Crippen molar-refractivity contribution in [2.45, 2.75) is 12.6 Å². The highest BCUT2D eigenvalue weighted by Crippen LogP contribution is 2.22. The fraction of sp³-hybridized carbons (Fsp3) is 0.389. The number of furan rings is 1. The van der Waals surface area contributed by atoms with E-state index in [0.717, 1.165) is 11.3 Å². The molecule has 0 fully saturated rings. The lowest BCUT2D eigenvalue weighted by Crippen LogP contribution is -2.34. The molecule has 1 atom stereocenters. The Morgan fingerprint density at radius 2 is 2.04 bits per heavy atom. The SMILES string of the molecule is COCc1ccc(C(=O)NCC(c2cccc(OC)c2)N(C)C)o1. The third-order valence-electron chi connectivity index (χ3n) is 3.73. The third kappa shape index (κ3) is 4.59. The van der Waals surface area contributed by atoms with Crippen LogP contribution in [0.1, 0.15) is 27.9 Å². The number of carbonyl (C=O) groups excluding carboxylic acids is 1. The van der Waals surface area contributed by atoms with Gasteiger partial charge in [-0.3, -0.25) is 4.79 Å². The Morgan fingerprint density at radius 1 is 1.25 bits per heavy atom. The van der Waals surface area contributed by atoms with Crippen molar-refractivity contribution in [1.82, 2.24) is 10.2 Å². The molecule has 0 aliphatic carbocycles. The summed E-state index contributed by atoms with van der Waals surface area (Å²) in [4.78, 5) is 14.3. The second-order valence-corrected chi connectivity index (χ2v) is 5.67. The van der Waals surface area contributed by atoms with Crippen LogP contribution in [0.5, 0.6) is 5.75 Å². The Labute approximate surface area is 142 Å². The van der Waals surface area contributed by atoms with Gasteiger partial charge in [-0.1, -0.05) is 12.1 Å². The fourth-order valence-corrected chi connectivity index (χ4v) is 2.44. The zero-order chi connectivity index (χ0) is 17.5. The number of likely N-dealkylation sites (N-methyl/N-ethyl adjacent to an activating group) is 1. The summed E-state index contributed by atoms with van der Waals surface area (Å²) >= 11 is 0. The Kier molecular flexibility index (Phi) is 6.40. The molecule has 6 heteroatoms. The van der Waals surface area contributed by atoms with E-state index < -0.39 is 0 Å². The van der Waals surface area contributed by atoms with Crippen LogP contribution in [0.15, 0.2) is 40.8 Å². The molecule has 1 heterocycles. The van der Waals surface area contributed by atoms with Crippen LogP contribution in [-0.2, 0) is 11.3 Å². The zero-order valence-electron chi connectivity index (χ0n) is 14.5. The van der Waals surface area contributed by atoms with Crippen LogP contribution in [0.2, 0.25) is 0 Å². The van der Waals surface area contributed by atoms with Crippen molar-refractivity contribution in [3.63, 3.8) is 0 Å². The van der Waals surface area contributed by atoms with Crippen molar-refractivity contribution < 1.29 is 18.7 Å². The van der Waals surface area contributed by atoms with Crippen molar-refractivity contribution >= 4 is 5.91 Å². The molecule has 0 aliphatic rings. The molecule has 2 rings (SSSR count). The molecule has 0 radical (unpaired) electrons. The summed E-state index contributed by atoms with van der Waals surface area (Å²) in [5.74, 6) is 1.46. The largest absolute Gasteiger partial charge is 0.497 e. The molecule has 1 unspecified atom stereocenters. The fourth-order valence-electron chi connectivity index (χ4n) is 2.44. The van der Waals surface area contributed by atoms with E-state index in [9.17, 15) is 4.79 Å². The topological polar surface area (TPSA) is 63.9 Å². The molecule has 130 valence electrons. The second kappa shape index (κ2) is 8.52. The zero-order valence-corrected chi connectivity index (χ0v) is 14.5. The lowest BCUT2D eigenvalue weighted by atomic mass is 10.1. The molecular weight excluding hydrogens is 308 g/mol. The van der Waals surface area contributed by atoms with Crippen LogP contribution in [-0.4, -0.2) is 45.7 Å². The molecule has 0 spiro atoms. The van der Waals surface area contributed by atoms with Gasteiger partial charge in [0.05, 0.1) is 13.2 Å². The average Bonchev–Trinajstić information content (AvgIpc) is 3.04. The number of hydrogen-bond acceptors (Lipinski definition) is 5. The Hall–Kier alpha value is -2.31. The van der Waals surface area contributed by atoms with E-state index in [-0.39, 0.29) is 17.7 Å². The van der Waals surface area contributed by atoms with Crippen LogP contribution in [0, 0.1) is 0 Å². The first kappa shape index (κ1) is 18.0. The van der Waals surface area contributed by atoms with Gasteiger partial charge in [0.1, 0.15) is 18.1 Å². The predicted molar refractivity (Wildman–Crippen MR) is 91.2 cm³/mol. The maximum atomic E-state index is 12.3. The molecule has 0 aliphatic heterocycles. The Morgan fingerprint density at radius 3 is 2.71 bits per heavy atom. The smallest absolute Gasteiger partial charge is 0.287 e. The standard InChI is InChI=1S/C18H24N2O4/c1-20(2)16(13-6-5-7-14(10-13)23-4)11-19-18(21)17-9-8-15(24-17)12-22-3/h5-10,16H,11-12H2,1-4H3,(H,19,21). The molecule has 0 bridgehead atoms. The van der Waals surface area contributed by atoms with E-state index in [1.807, 2.05) is 43.3 Å². The molecule has 1 aromatic carbocycles. The summed E-state index contributed by atoms with van der Waals surface area (Å²) in [6, 6.07) is 11.2. The molecular formula is C18H24N2O4. The Bertz CT molecular complexity index is 667. The van der Waals surface area contributed by atoms with Crippen LogP contribution in [0.25, 0.3) is 0 Å². The van der Waals surface area contributed by atoms with Gasteiger partial charge in [-0.2, -0.15) is 0 Å². The molecule has 0 saturated carbocycles. The van der Waals surface area contributed by atoms with Crippen molar-refractivity contribution in [2.24, 2.45) is 0 Å². The van der Waals surface area contributed by atoms with E-state index in [4.69, 9.17) is 13.9 Å². The van der Waals surface area contributed by atoms with E-state index in [1.54, 1.807) is 26.4 Å². The highest BCUT2D eigenvalue weighted by Gasteiger charge is 2.18. The molecule has 1 amide bonds. The van der Waals surface area contributed by atoms with Crippen molar-refractivity contribution in [3.8, 4) is 5.75 Å². The van der Waals surface area contributed by atoms with E-state index in [1.165, 1.54) is 0 Å². The van der Waals surface area contributed by atoms with E-state index >= 15 is 0 Å². The highest BCUT2D eigenvalue weighted by atomic mass is 16.5. The number of nitrogens with one attached hydrogen (secondary N) is 1. The number of hydrogen-bond donors (Lipinski definition) is 1. The quantitative estimate of drug-likeness (QED) is 0.804. The molecule has 24 heavy (non-hydrogen) atoms. The number of nitrogens with zero attached hydrogens (tertiary/aromatic N) is 1. The monoisotopic (exact) mass is 332 g/mol. The minimum absolute atomic E-state index is 0.0254. The summed E-state index contributed by atoms with van der Waals surface area (Å²) in [7, 11) is 7.16. The number of ether oxygens (including phenoxy) is 2. The third-order valence-corrected chi connectivity index (χ3v) is 3.73. The maximum absolute atomic E-state index is 12.3. The first-order chi connectivity index (χ1) is 11.5. The van der Waals surface area contributed by atoms with Gasteiger partial charge >= 0.3 is 0 Å². The predicted octanol–water partition coefficient (Wildman–Crippen LogP) is 2.47. The van der Waals surface area contributed by atoms with Gasteiger partial charge in [0, 0.05) is 13.7 Å². The summed E-state index contributed by atoms with van der Waals surface area (Å²) in [5.41, 5.74) is 1.07. The summed E-state index contributed by atoms with van der Waals surface area (Å²) in [6.45, 7) is 0.802. The van der Waals surface area contributed by atoms with Gasteiger partial charge in [0.25, 0.3) is 5.91 Å². The van der Waals surface area contributed by atoms with Gasteiger partial charge in [0.2, 0.25) is 0 Å². The van der Waals surface area contributed by atoms with Crippen LogP contribution in [0.3, 0.4) is 0 Å². The van der Waals surface area contributed by atoms with E-state index in [2.05, 4.69) is 5.32 Å². The number of carbonyl (C=O) groups is 1. The van der Waals surface area contributed by atoms with Gasteiger partial charge in [-0.25, -0.2) is 0 Å². The van der Waals surface area contributed by atoms with Gasteiger partial charge < -0.3 is 24.1 Å². The number of methoxy groups -OCH3 is 2. The van der Waals surface area contributed by atoms with Crippen LogP contribution >= 0.6 is 0 Å². The average molecular weight is 332 g/mol. The lowest BCUT2D eigenvalue weighted by molar-refractivity contribution is 0.0905. The minimum atomic E-state index is -0.243. The Balaban J connectivity index is 2.03. The van der Waals surface area contributed by atoms with Crippen LogP contribution < -0.4 is 10.1 Å². The minimum Gasteiger partial charge on any atom is -0.497 e. The first-order valence-corrected chi connectivity index (χ1v) is 7.71. The molecule has 1 aromatic heterocycles. The maximum Gasteiger partial charge on any atom is 0.287 e. The second-order valence-electron chi connectivity index (χ2n) is 5.67. The summed E-state index contributed by atoms with van der Waals surface area (Å²) in [6.07, 6.45) is 0. The summed E-state index contributed by atoms with van der Waals surface area (Å²) in [5, 5.41) is 2.92.